The van der Waals surface area contributed by atoms with Crippen molar-refractivity contribution in [3.05, 3.63) is 17.2 Å². The highest BCUT2D eigenvalue weighted by Gasteiger charge is 2.17. The first-order valence-corrected chi connectivity index (χ1v) is 6.02. The zero-order chi connectivity index (χ0) is 10.7. The summed E-state index contributed by atoms with van der Waals surface area (Å²) >= 11 is 0. The number of hydrogen-bond acceptors (Lipinski definition) is 2. The van der Waals surface area contributed by atoms with E-state index in [2.05, 4.69) is 21.8 Å². The molecule has 0 aromatic carbocycles. The fraction of sp³-hybridized carbons (Fsp3) is 0.750. The van der Waals surface area contributed by atoms with Gasteiger partial charge in [-0.05, 0) is 52.6 Å². The molecule has 0 aliphatic heterocycles. The van der Waals surface area contributed by atoms with E-state index in [0.29, 0.717) is 0 Å². The maximum absolute atomic E-state index is 4.67. The van der Waals surface area contributed by atoms with Gasteiger partial charge in [-0.2, -0.15) is 0 Å². The van der Waals surface area contributed by atoms with E-state index in [4.69, 9.17) is 0 Å². The van der Waals surface area contributed by atoms with Crippen LogP contribution >= 0.6 is 0 Å². The lowest BCUT2D eigenvalue weighted by atomic mass is 10.0. The molecule has 1 aromatic heterocycles. The molecule has 0 spiro atoms. The Labute approximate surface area is 91.9 Å². The van der Waals surface area contributed by atoms with Gasteiger partial charge in [0.25, 0.3) is 0 Å². The monoisotopic (exact) mass is 207 g/mol. The SMILES string of the molecule is CNCCCn1c(C)nc2c1CCCC2. The predicted octanol–water partition coefficient (Wildman–Crippen LogP) is 1.68. The maximum atomic E-state index is 4.67. The predicted molar refractivity (Wildman–Crippen MR) is 62.1 cm³/mol. The van der Waals surface area contributed by atoms with Crippen LogP contribution < -0.4 is 5.32 Å². The highest BCUT2D eigenvalue weighted by Crippen LogP contribution is 2.22. The molecule has 2 rings (SSSR count). The summed E-state index contributed by atoms with van der Waals surface area (Å²) in [6, 6.07) is 0. The van der Waals surface area contributed by atoms with Crippen LogP contribution in [0.3, 0.4) is 0 Å². The molecular weight excluding hydrogens is 186 g/mol. The number of nitrogens with zero attached hydrogens (tertiary/aromatic N) is 2. The Balaban J connectivity index is 2.11. The molecule has 1 heterocycles. The molecule has 0 atom stereocenters. The van der Waals surface area contributed by atoms with Crippen molar-refractivity contribution in [3.63, 3.8) is 0 Å². The average Bonchev–Trinajstić information content (AvgIpc) is 2.56. The standard InChI is InChI=1S/C12H21N3/c1-10-14-11-6-3-4-7-12(11)15(10)9-5-8-13-2/h13H,3-9H2,1-2H3. The van der Waals surface area contributed by atoms with Gasteiger partial charge in [-0.25, -0.2) is 4.98 Å². The van der Waals surface area contributed by atoms with Crippen molar-refractivity contribution in [1.29, 1.82) is 0 Å². The van der Waals surface area contributed by atoms with Crippen LogP contribution in [0.4, 0.5) is 0 Å². The lowest BCUT2D eigenvalue weighted by Crippen LogP contribution is -2.14. The van der Waals surface area contributed by atoms with Crippen LogP contribution in [0, 0.1) is 6.92 Å². The molecule has 0 saturated heterocycles. The summed E-state index contributed by atoms with van der Waals surface area (Å²) in [7, 11) is 2.01. The molecule has 0 saturated carbocycles. The molecule has 1 aromatic rings. The fourth-order valence-electron chi connectivity index (χ4n) is 2.45. The van der Waals surface area contributed by atoms with Crippen LogP contribution in [0.5, 0.6) is 0 Å². The zero-order valence-electron chi connectivity index (χ0n) is 9.84. The normalized spacial score (nSPS) is 15.3. The summed E-state index contributed by atoms with van der Waals surface area (Å²) in [5.41, 5.74) is 2.87. The molecule has 3 nitrogen and oxygen atoms in total. The minimum atomic E-state index is 1.09. The van der Waals surface area contributed by atoms with Crippen molar-refractivity contribution < 1.29 is 0 Å². The Kier molecular flexibility index (Phi) is 3.41. The molecular formula is C12H21N3. The van der Waals surface area contributed by atoms with Crippen LogP contribution in [0.15, 0.2) is 0 Å². The average molecular weight is 207 g/mol. The molecule has 1 aliphatic carbocycles. The molecule has 1 N–H and O–H groups in total. The topological polar surface area (TPSA) is 29.9 Å². The molecule has 0 fully saturated rings. The van der Waals surface area contributed by atoms with Gasteiger partial charge in [0.2, 0.25) is 0 Å². The first kappa shape index (κ1) is 10.7. The second-order valence-corrected chi connectivity index (χ2v) is 4.37. The minimum absolute atomic E-state index is 1.09. The lowest BCUT2D eigenvalue weighted by Gasteiger charge is -2.14. The highest BCUT2D eigenvalue weighted by molar-refractivity contribution is 5.19. The van der Waals surface area contributed by atoms with Crippen molar-refractivity contribution in [3.8, 4) is 0 Å². The number of fused-ring (bicyclic) bond motifs is 1. The number of hydrogen-bond donors (Lipinski definition) is 1. The van der Waals surface area contributed by atoms with Crippen LogP contribution in [0.25, 0.3) is 0 Å². The summed E-state index contributed by atoms with van der Waals surface area (Å²) in [5, 5.41) is 3.20. The first-order valence-electron chi connectivity index (χ1n) is 6.02. The van der Waals surface area contributed by atoms with Gasteiger partial charge in [-0.15, -0.1) is 0 Å². The van der Waals surface area contributed by atoms with Crippen molar-refractivity contribution in [2.75, 3.05) is 13.6 Å². The van der Waals surface area contributed by atoms with E-state index in [1.807, 2.05) is 7.05 Å². The number of aryl methyl sites for hydroxylation is 2. The Morgan fingerprint density at radius 2 is 2.13 bits per heavy atom. The van der Waals surface area contributed by atoms with Gasteiger partial charge in [0.05, 0.1) is 5.69 Å². The van der Waals surface area contributed by atoms with Gasteiger partial charge in [-0.3, -0.25) is 0 Å². The van der Waals surface area contributed by atoms with Gasteiger partial charge in [0.1, 0.15) is 5.82 Å². The van der Waals surface area contributed by atoms with E-state index in [-0.39, 0.29) is 0 Å². The quantitative estimate of drug-likeness (QED) is 0.761. The second kappa shape index (κ2) is 4.79. The van der Waals surface area contributed by atoms with Crippen LogP contribution in [0.1, 0.15) is 36.5 Å². The highest BCUT2D eigenvalue weighted by atomic mass is 15.1. The summed E-state index contributed by atoms with van der Waals surface area (Å²) < 4.78 is 2.42. The molecule has 1 aliphatic rings. The van der Waals surface area contributed by atoms with E-state index in [9.17, 15) is 0 Å². The van der Waals surface area contributed by atoms with E-state index in [1.165, 1.54) is 49.3 Å². The molecule has 15 heavy (non-hydrogen) atoms. The third-order valence-electron chi connectivity index (χ3n) is 3.23. The number of aromatic nitrogens is 2. The Bertz CT molecular complexity index is 328. The third kappa shape index (κ3) is 2.23. The summed E-state index contributed by atoms with van der Waals surface area (Å²) in [4.78, 5) is 4.67. The zero-order valence-corrected chi connectivity index (χ0v) is 9.84. The Morgan fingerprint density at radius 3 is 2.93 bits per heavy atom. The summed E-state index contributed by atoms with van der Waals surface area (Å²) in [5.74, 6) is 1.21. The van der Waals surface area contributed by atoms with Gasteiger partial charge < -0.3 is 9.88 Å². The number of nitrogens with one attached hydrogen (secondary N) is 1. The maximum Gasteiger partial charge on any atom is 0.106 e. The van der Waals surface area contributed by atoms with Gasteiger partial charge in [-0.1, -0.05) is 0 Å². The van der Waals surface area contributed by atoms with E-state index in [0.717, 1.165) is 13.1 Å². The number of imidazole rings is 1. The van der Waals surface area contributed by atoms with Gasteiger partial charge >= 0.3 is 0 Å². The minimum Gasteiger partial charge on any atom is -0.332 e. The Hall–Kier alpha value is -0.830. The molecule has 3 heteroatoms. The van der Waals surface area contributed by atoms with Crippen molar-refractivity contribution in [2.24, 2.45) is 0 Å². The van der Waals surface area contributed by atoms with E-state index < -0.39 is 0 Å². The van der Waals surface area contributed by atoms with Crippen LogP contribution in [-0.4, -0.2) is 23.1 Å². The van der Waals surface area contributed by atoms with Crippen LogP contribution in [0.2, 0.25) is 0 Å². The third-order valence-corrected chi connectivity index (χ3v) is 3.23. The number of rotatable bonds is 4. The molecule has 0 bridgehead atoms. The molecule has 0 amide bonds. The first-order chi connectivity index (χ1) is 7.33. The molecule has 84 valence electrons. The lowest BCUT2D eigenvalue weighted by molar-refractivity contribution is 0.561. The fourth-order valence-corrected chi connectivity index (χ4v) is 2.45. The molecule has 0 unspecified atom stereocenters. The molecule has 0 radical (unpaired) electrons. The summed E-state index contributed by atoms with van der Waals surface area (Å²) in [6.07, 6.45) is 6.27. The summed E-state index contributed by atoms with van der Waals surface area (Å²) in [6.45, 7) is 4.35. The second-order valence-electron chi connectivity index (χ2n) is 4.37. The van der Waals surface area contributed by atoms with Crippen molar-refractivity contribution >= 4 is 0 Å². The largest absolute Gasteiger partial charge is 0.332 e. The van der Waals surface area contributed by atoms with Gasteiger partial charge in [0.15, 0.2) is 0 Å². The smallest absolute Gasteiger partial charge is 0.106 e. The van der Waals surface area contributed by atoms with Crippen molar-refractivity contribution in [2.45, 2.75) is 45.6 Å². The van der Waals surface area contributed by atoms with Crippen molar-refractivity contribution in [1.82, 2.24) is 14.9 Å². The van der Waals surface area contributed by atoms with E-state index >= 15 is 0 Å². The van der Waals surface area contributed by atoms with Crippen LogP contribution in [-0.2, 0) is 19.4 Å². The Morgan fingerprint density at radius 1 is 1.33 bits per heavy atom. The van der Waals surface area contributed by atoms with E-state index in [1.54, 1.807) is 0 Å². The van der Waals surface area contributed by atoms with Gasteiger partial charge in [0, 0.05) is 12.2 Å².